The fraction of sp³-hybridized carbons (Fsp3) is 0.581. The topological polar surface area (TPSA) is 184 Å². The van der Waals surface area contributed by atoms with Crippen LogP contribution in [0.2, 0.25) is 0 Å². The molecule has 13 nitrogen and oxygen atoms in total. The van der Waals surface area contributed by atoms with E-state index in [9.17, 15) is 32.9 Å². The summed E-state index contributed by atoms with van der Waals surface area (Å²) in [5.41, 5.74) is -0.942. The predicted molar refractivity (Wildman–Crippen MR) is 162 cm³/mol. The number of nitriles is 1. The zero-order valence-electron chi connectivity index (χ0n) is 25.6. The Morgan fingerprint density at radius 2 is 1.89 bits per heavy atom. The number of rotatable bonds is 6. The number of amides is 4. The molecule has 4 amide bonds. The number of hydrogen-bond acceptors (Lipinski definition) is 9. The molecule has 5 atom stereocenters. The minimum Gasteiger partial charge on any atom is -0.495 e. The lowest BCUT2D eigenvalue weighted by molar-refractivity contribution is -0.140. The Kier molecular flexibility index (Phi) is 8.86. The lowest BCUT2D eigenvalue weighted by Gasteiger charge is -2.27. The molecule has 0 bridgehead atoms. The number of hydrogen-bond donors (Lipinski definition) is 3. The van der Waals surface area contributed by atoms with E-state index >= 15 is 0 Å². The van der Waals surface area contributed by atoms with Crippen LogP contribution in [0.5, 0.6) is 5.75 Å². The Labute approximate surface area is 262 Å². The maximum absolute atomic E-state index is 13.9. The average molecular weight is 642 g/mol. The molecule has 1 aromatic rings. The van der Waals surface area contributed by atoms with Crippen LogP contribution >= 0.6 is 0 Å². The molecule has 0 aromatic heterocycles. The second-order valence-corrected chi connectivity index (χ2v) is 14.9. The van der Waals surface area contributed by atoms with Gasteiger partial charge in [0.2, 0.25) is 21.8 Å². The van der Waals surface area contributed by atoms with Crippen molar-refractivity contribution in [2.24, 2.45) is 17.8 Å². The molecule has 45 heavy (non-hydrogen) atoms. The third-order valence-corrected chi connectivity index (χ3v) is 11.6. The van der Waals surface area contributed by atoms with Gasteiger partial charge in [-0.05, 0) is 76.5 Å². The predicted octanol–water partition coefficient (Wildman–Crippen LogP) is 2.58. The van der Waals surface area contributed by atoms with Crippen molar-refractivity contribution >= 4 is 39.5 Å². The smallest absolute Gasteiger partial charge is 0.412 e. The van der Waals surface area contributed by atoms with E-state index in [-0.39, 0.29) is 30.9 Å². The van der Waals surface area contributed by atoms with Crippen LogP contribution in [0.4, 0.5) is 10.5 Å². The number of carbonyl (C=O) groups excluding carboxylic acids is 4. The lowest BCUT2D eigenvalue weighted by Crippen LogP contribution is -2.55. The van der Waals surface area contributed by atoms with Gasteiger partial charge in [-0.3, -0.25) is 24.4 Å². The van der Waals surface area contributed by atoms with Gasteiger partial charge in [0.25, 0.3) is 5.91 Å². The van der Waals surface area contributed by atoms with Crippen molar-refractivity contribution in [1.82, 2.24) is 14.9 Å². The van der Waals surface area contributed by atoms with E-state index in [0.717, 1.165) is 12.8 Å². The fourth-order valence-electron chi connectivity index (χ4n) is 6.16. The number of anilines is 1. The Morgan fingerprint density at radius 1 is 1.16 bits per heavy atom. The summed E-state index contributed by atoms with van der Waals surface area (Å²) in [5, 5.41) is 14.6. The van der Waals surface area contributed by atoms with Crippen LogP contribution in [0, 0.1) is 29.1 Å². The number of fused-ring (bicyclic) bond motifs is 2. The number of nitrogens with zero attached hydrogens (tertiary/aromatic N) is 2. The van der Waals surface area contributed by atoms with Gasteiger partial charge in [-0.15, -0.1) is 0 Å². The maximum Gasteiger partial charge on any atom is 0.412 e. The van der Waals surface area contributed by atoms with Gasteiger partial charge in [0.05, 0.1) is 41.0 Å². The minimum atomic E-state index is -3.94. The van der Waals surface area contributed by atoms with Gasteiger partial charge in [0, 0.05) is 19.5 Å². The van der Waals surface area contributed by atoms with Crippen molar-refractivity contribution in [3.63, 3.8) is 0 Å². The SMILES string of the molecule is COc1ccc(C#N)cc1NC(=O)OC1CC2C(=O)NC3(C(=O)NS(=O)(=O)C4(C)CC4)CC3/C=C/CCCCN(C)C(=O)C2C1. The molecule has 0 spiro atoms. The number of allylic oxidation sites excluding steroid dienone is 1. The molecule has 0 saturated heterocycles. The van der Waals surface area contributed by atoms with E-state index in [4.69, 9.17) is 9.47 Å². The van der Waals surface area contributed by atoms with Crippen LogP contribution in [-0.4, -0.2) is 74.2 Å². The lowest BCUT2D eigenvalue weighted by atomic mass is 9.93. The van der Waals surface area contributed by atoms with Crippen molar-refractivity contribution in [3.05, 3.63) is 35.9 Å². The van der Waals surface area contributed by atoms with Gasteiger partial charge >= 0.3 is 6.09 Å². The summed E-state index contributed by atoms with van der Waals surface area (Å²) >= 11 is 0. The molecule has 3 saturated carbocycles. The third kappa shape index (κ3) is 6.63. The highest BCUT2D eigenvalue weighted by molar-refractivity contribution is 7.91. The van der Waals surface area contributed by atoms with E-state index in [1.54, 1.807) is 18.9 Å². The molecule has 0 radical (unpaired) electrons. The molecule has 3 N–H and O–H groups in total. The zero-order chi connectivity index (χ0) is 32.6. The average Bonchev–Trinajstić information content (AvgIpc) is 3.88. The van der Waals surface area contributed by atoms with Crippen LogP contribution in [-0.2, 0) is 29.1 Å². The number of methoxy groups -OCH3 is 1. The van der Waals surface area contributed by atoms with Crippen LogP contribution in [0.3, 0.4) is 0 Å². The van der Waals surface area contributed by atoms with Gasteiger partial charge < -0.3 is 19.7 Å². The first-order chi connectivity index (χ1) is 21.3. The second kappa shape index (κ2) is 12.3. The maximum atomic E-state index is 13.9. The highest BCUT2D eigenvalue weighted by atomic mass is 32.2. The molecule has 242 valence electrons. The molecule has 4 aliphatic rings. The molecule has 5 rings (SSSR count). The summed E-state index contributed by atoms with van der Waals surface area (Å²) in [4.78, 5) is 55.5. The first-order valence-electron chi connectivity index (χ1n) is 15.2. The van der Waals surface area contributed by atoms with Gasteiger partial charge in [-0.2, -0.15) is 5.26 Å². The van der Waals surface area contributed by atoms with Crippen molar-refractivity contribution in [1.29, 1.82) is 5.26 Å². The zero-order valence-corrected chi connectivity index (χ0v) is 26.4. The first kappa shape index (κ1) is 32.3. The van der Waals surface area contributed by atoms with E-state index in [0.29, 0.717) is 37.1 Å². The summed E-state index contributed by atoms with van der Waals surface area (Å²) in [5.74, 6) is -3.47. The standard InChI is InChI=1S/C31H39N5O8S/c1-30(11-12-30)45(41,42)35-28(39)31-17-20(31)8-6-4-5-7-13-36(2)27(38)23-16-21(15-22(23)26(37)34-31)44-29(40)33-24-14-19(18-32)9-10-25(24)43-3/h6,8-10,14,20-23H,4-5,7,11-13,15-17H2,1-3H3,(H,33,40)(H,34,37)(H,35,39)/b8-6+. The minimum absolute atomic E-state index is 0.0213. The normalized spacial score (nSPS) is 29.9. The van der Waals surface area contributed by atoms with Crippen molar-refractivity contribution < 1.29 is 37.1 Å². The Hall–Kier alpha value is -4.12. The molecule has 1 aliphatic heterocycles. The van der Waals surface area contributed by atoms with E-state index in [1.807, 2.05) is 18.2 Å². The van der Waals surface area contributed by atoms with Crippen LogP contribution in [0.25, 0.3) is 0 Å². The van der Waals surface area contributed by atoms with Crippen molar-refractivity contribution in [2.75, 3.05) is 26.0 Å². The van der Waals surface area contributed by atoms with E-state index < -0.39 is 62.1 Å². The van der Waals surface area contributed by atoms with Gasteiger partial charge in [0.15, 0.2) is 0 Å². The van der Waals surface area contributed by atoms with Crippen molar-refractivity contribution in [3.8, 4) is 11.8 Å². The summed E-state index contributed by atoms with van der Waals surface area (Å²) < 4.78 is 37.9. The van der Waals surface area contributed by atoms with Crippen molar-refractivity contribution in [2.45, 2.75) is 74.7 Å². The molecule has 3 fully saturated rings. The molecule has 5 unspecified atom stereocenters. The molecular formula is C31H39N5O8S. The van der Waals surface area contributed by atoms with E-state index in [1.165, 1.54) is 25.3 Å². The Morgan fingerprint density at radius 3 is 2.58 bits per heavy atom. The number of nitrogens with one attached hydrogen (secondary N) is 3. The number of ether oxygens (including phenoxy) is 2. The summed E-state index contributed by atoms with van der Waals surface area (Å²) in [6.07, 6.45) is 5.59. The summed E-state index contributed by atoms with van der Waals surface area (Å²) in [7, 11) is -0.856. The van der Waals surface area contributed by atoms with Gasteiger partial charge in [-0.25, -0.2) is 13.2 Å². The molecule has 1 aromatic carbocycles. The molecule has 14 heteroatoms. The van der Waals surface area contributed by atoms with Crippen LogP contribution < -0.4 is 20.1 Å². The summed E-state index contributed by atoms with van der Waals surface area (Å²) in [6.45, 7) is 2.07. The second-order valence-electron chi connectivity index (χ2n) is 12.7. The highest BCUT2D eigenvalue weighted by Gasteiger charge is 2.63. The fourth-order valence-corrected chi connectivity index (χ4v) is 7.47. The third-order valence-electron chi connectivity index (χ3n) is 9.47. The number of sulfonamides is 1. The number of benzene rings is 1. The Balaban J connectivity index is 1.35. The molecule has 3 aliphatic carbocycles. The van der Waals surface area contributed by atoms with Gasteiger partial charge in [0.1, 0.15) is 17.4 Å². The van der Waals surface area contributed by atoms with Crippen LogP contribution in [0.15, 0.2) is 30.4 Å². The number of carbonyl (C=O) groups is 4. The highest BCUT2D eigenvalue weighted by Crippen LogP contribution is 2.48. The first-order valence-corrected chi connectivity index (χ1v) is 16.7. The van der Waals surface area contributed by atoms with E-state index in [2.05, 4.69) is 15.4 Å². The van der Waals surface area contributed by atoms with Gasteiger partial charge in [-0.1, -0.05) is 12.2 Å². The van der Waals surface area contributed by atoms with Crippen LogP contribution in [0.1, 0.15) is 63.9 Å². The Bertz CT molecular complexity index is 1570. The quantitative estimate of drug-likeness (QED) is 0.393. The molecule has 1 heterocycles. The monoisotopic (exact) mass is 641 g/mol. The molecular weight excluding hydrogens is 602 g/mol. The largest absolute Gasteiger partial charge is 0.495 e. The summed E-state index contributed by atoms with van der Waals surface area (Å²) in [6, 6.07) is 6.51.